The number of carboxylic acids is 1. The third-order valence-electron chi connectivity index (χ3n) is 3.82. The third kappa shape index (κ3) is 3.10. The van der Waals surface area contributed by atoms with Gasteiger partial charge in [-0.1, -0.05) is 24.6 Å². The van der Waals surface area contributed by atoms with E-state index in [4.69, 9.17) is 9.84 Å². The quantitative estimate of drug-likeness (QED) is 0.860. The number of rotatable bonds is 5. The van der Waals surface area contributed by atoms with E-state index in [1.165, 1.54) is 0 Å². The largest absolute Gasteiger partial charge is 0.496 e. The van der Waals surface area contributed by atoms with Gasteiger partial charge in [0.25, 0.3) is 0 Å². The topological polar surface area (TPSA) is 75.6 Å². The van der Waals surface area contributed by atoms with Gasteiger partial charge in [-0.3, -0.25) is 9.59 Å². The van der Waals surface area contributed by atoms with Crippen molar-refractivity contribution in [2.24, 2.45) is 11.8 Å². The van der Waals surface area contributed by atoms with Gasteiger partial charge in [-0.25, -0.2) is 0 Å². The van der Waals surface area contributed by atoms with E-state index in [0.29, 0.717) is 25.1 Å². The van der Waals surface area contributed by atoms with E-state index >= 15 is 0 Å². The van der Waals surface area contributed by atoms with Gasteiger partial charge in [-0.15, -0.1) is 0 Å². The fraction of sp³-hybridized carbons (Fsp3) is 0.467. The summed E-state index contributed by atoms with van der Waals surface area (Å²) in [6, 6.07) is 7.45. The lowest BCUT2D eigenvalue weighted by atomic mass is 9.95. The monoisotopic (exact) mass is 277 g/mol. The second-order valence-electron chi connectivity index (χ2n) is 5.01. The van der Waals surface area contributed by atoms with Gasteiger partial charge in [0, 0.05) is 12.1 Å². The zero-order valence-electron chi connectivity index (χ0n) is 11.5. The van der Waals surface area contributed by atoms with Gasteiger partial charge in [0.15, 0.2) is 0 Å². The van der Waals surface area contributed by atoms with E-state index in [9.17, 15) is 9.59 Å². The van der Waals surface area contributed by atoms with Crippen molar-refractivity contribution in [1.82, 2.24) is 5.32 Å². The zero-order chi connectivity index (χ0) is 14.5. The minimum Gasteiger partial charge on any atom is -0.496 e. The molecule has 108 valence electrons. The second kappa shape index (κ2) is 6.41. The smallest absolute Gasteiger partial charge is 0.307 e. The Labute approximate surface area is 117 Å². The fourth-order valence-electron chi connectivity index (χ4n) is 2.73. The van der Waals surface area contributed by atoms with Crippen molar-refractivity contribution in [1.29, 1.82) is 0 Å². The molecule has 2 N–H and O–H groups in total. The highest BCUT2D eigenvalue weighted by molar-refractivity contribution is 5.85. The van der Waals surface area contributed by atoms with Gasteiger partial charge in [0.2, 0.25) is 5.91 Å². The van der Waals surface area contributed by atoms with Crippen LogP contribution in [0.5, 0.6) is 5.75 Å². The average molecular weight is 277 g/mol. The van der Waals surface area contributed by atoms with Gasteiger partial charge in [-0.05, 0) is 18.9 Å². The predicted octanol–water partition coefficient (Wildman–Crippen LogP) is 1.81. The van der Waals surface area contributed by atoms with Crippen molar-refractivity contribution in [2.45, 2.75) is 25.8 Å². The molecule has 0 saturated heterocycles. The first kappa shape index (κ1) is 14.4. The number of aliphatic carboxylic acids is 1. The van der Waals surface area contributed by atoms with Crippen LogP contribution in [0.15, 0.2) is 24.3 Å². The average Bonchev–Trinajstić information content (AvgIpc) is 2.94. The molecule has 5 nitrogen and oxygen atoms in total. The number of benzene rings is 1. The Morgan fingerprint density at radius 2 is 2.00 bits per heavy atom. The molecule has 1 amide bonds. The third-order valence-corrected chi connectivity index (χ3v) is 3.82. The molecule has 1 saturated carbocycles. The maximum absolute atomic E-state index is 12.1. The molecule has 0 spiro atoms. The standard InChI is InChI=1S/C15H19NO4/c1-20-13-8-3-2-5-10(13)9-16-14(17)11-6-4-7-12(11)15(18)19/h2-3,5,8,11-12H,4,6-7,9H2,1H3,(H,16,17)(H,18,19)/t11-,12+/m1/s1. The number of ether oxygens (including phenoxy) is 1. The Morgan fingerprint density at radius 3 is 2.70 bits per heavy atom. The molecule has 1 aliphatic rings. The molecule has 0 unspecified atom stereocenters. The Morgan fingerprint density at radius 1 is 1.30 bits per heavy atom. The number of nitrogens with one attached hydrogen (secondary N) is 1. The number of carboxylic acid groups (broad SMARTS) is 1. The molecule has 2 rings (SSSR count). The number of amides is 1. The number of carbonyl (C=O) groups is 2. The highest BCUT2D eigenvalue weighted by Gasteiger charge is 2.37. The Hall–Kier alpha value is -2.04. The van der Waals surface area contributed by atoms with Crippen molar-refractivity contribution in [2.75, 3.05) is 7.11 Å². The van der Waals surface area contributed by atoms with E-state index in [2.05, 4.69) is 5.32 Å². The van der Waals surface area contributed by atoms with E-state index in [0.717, 1.165) is 12.0 Å². The zero-order valence-corrected chi connectivity index (χ0v) is 11.5. The van der Waals surface area contributed by atoms with Crippen molar-refractivity contribution in [3.63, 3.8) is 0 Å². The summed E-state index contributed by atoms with van der Waals surface area (Å²) in [4.78, 5) is 23.2. The molecule has 0 radical (unpaired) electrons. The van der Waals surface area contributed by atoms with E-state index in [1.54, 1.807) is 7.11 Å². The van der Waals surface area contributed by atoms with Crippen molar-refractivity contribution in [3.8, 4) is 5.75 Å². The number of methoxy groups -OCH3 is 1. The summed E-state index contributed by atoms with van der Waals surface area (Å²) in [5.41, 5.74) is 0.883. The van der Waals surface area contributed by atoms with E-state index in [1.807, 2.05) is 24.3 Å². The van der Waals surface area contributed by atoms with Crippen LogP contribution in [0.1, 0.15) is 24.8 Å². The van der Waals surface area contributed by atoms with Gasteiger partial charge in [-0.2, -0.15) is 0 Å². The normalized spacial score (nSPS) is 21.4. The summed E-state index contributed by atoms with van der Waals surface area (Å²) in [5, 5.41) is 11.9. The maximum atomic E-state index is 12.1. The van der Waals surface area contributed by atoms with Gasteiger partial charge in [0.05, 0.1) is 18.9 Å². The van der Waals surface area contributed by atoms with Crippen LogP contribution in [0.25, 0.3) is 0 Å². The molecule has 1 aromatic rings. The van der Waals surface area contributed by atoms with Crippen LogP contribution in [0.3, 0.4) is 0 Å². The molecule has 0 heterocycles. The van der Waals surface area contributed by atoms with E-state index < -0.39 is 17.8 Å². The number of hydrogen-bond donors (Lipinski definition) is 2. The minimum atomic E-state index is -0.875. The lowest BCUT2D eigenvalue weighted by Crippen LogP contribution is -2.34. The molecule has 20 heavy (non-hydrogen) atoms. The minimum absolute atomic E-state index is 0.180. The van der Waals surface area contributed by atoms with Crippen molar-refractivity contribution < 1.29 is 19.4 Å². The van der Waals surface area contributed by atoms with Crippen LogP contribution in [0.2, 0.25) is 0 Å². The SMILES string of the molecule is COc1ccccc1CNC(=O)[C@@H]1CCC[C@@H]1C(=O)O. The lowest BCUT2D eigenvalue weighted by molar-refractivity contribution is -0.146. The Bertz CT molecular complexity index is 500. The highest BCUT2D eigenvalue weighted by Crippen LogP contribution is 2.32. The highest BCUT2D eigenvalue weighted by atomic mass is 16.5. The molecule has 0 aliphatic heterocycles. The van der Waals surface area contributed by atoms with Crippen molar-refractivity contribution in [3.05, 3.63) is 29.8 Å². The van der Waals surface area contributed by atoms with Crippen LogP contribution in [0, 0.1) is 11.8 Å². The number of carbonyl (C=O) groups excluding carboxylic acids is 1. The molecular weight excluding hydrogens is 258 g/mol. The van der Waals surface area contributed by atoms with Gasteiger partial charge >= 0.3 is 5.97 Å². The molecule has 2 atom stereocenters. The molecule has 0 aromatic heterocycles. The first-order valence-electron chi connectivity index (χ1n) is 6.76. The first-order chi connectivity index (χ1) is 9.63. The molecule has 5 heteroatoms. The van der Waals surface area contributed by atoms with Crippen molar-refractivity contribution >= 4 is 11.9 Å². The summed E-state index contributed by atoms with van der Waals surface area (Å²) >= 11 is 0. The van der Waals surface area contributed by atoms with Crippen LogP contribution >= 0.6 is 0 Å². The molecule has 1 fully saturated rings. The first-order valence-corrected chi connectivity index (χ1v) is 6.76. The van der Waals surface area contributed by atoms with E-state index in [-0.39, 0.29) is 5.91 Å². The predicted molar refractivity (Wildman–Crippen MR) is 73.3 cm³/mol. The second-order valence-corrected chi connectivity index (χ2v) is 5.01. The Kier molecular flexibility index (Phi) is 4.61. The maximum Gasteiger partial charge on any atom is 0.307 e. The van der Waals surface area contributed by atoms with Crippen LogP contribution in [-0.4, -0.2) is 24.1 Å². The van der Waals surface area contributed by atoms with Crippen LogP contribution < -0.4 is 10.1 Å². The summed E-state index contributed by atoms with van der Waals surface area (Å²) in [6.45, 7) is 0.353. The summed E-state index contributed by atoms with van der Waals surface area (Å²) < 4.78 is 5.22. The van der Waals surface area contributed by atoms with Crippen LogP contribution in [0.4, 0.5) is 0 Å². The summed E-state index contributed by atoms with van der Waals surface area (Å²) in [6.07, 6.45) is 2.03. The fourth-order valence-corrected chi connectivity index (χ4v) is 2.73. The molecule has 1 aliphatic carbocycles. The van der Waals surface area contributed by atoms with Gasteiger partial charge in [0.1, 0.15) is 5.75 Å². The lowest BCUT2D eigenvalue weighted by Gasteiger charge is -2.16. The Balaban J connectivity index is 1.97. The number of hydrogen-bond acceptors (Lipinski definition) is 3. The molecule has 1 aromatic carbocycles. The van der Waals surface area contributed by atoms with Gasteiger partial charge < -0.3 is 15.2 Å². The summed E-state index contributed by atoms with van der Waals surface area (Å²) in [7, 11) is 1.58. The molecule has 0 bridgehead atoms. The van der Waals surface area contributed by atoms with Crippen LogP contribution in [-0.2, 0) is 16.1 Å². The molecular formula is C15H19NO4. The summed E-state index contributed by atoms with van der Waals surface area (Å²) in [5.74, 6) is -1.30. The number of para-hydroxylation sites is 1.